The van der Waals surface area contributed by atoms with Gasteiger partial charge in [-0.15, -0.1) is 0 Å². The van der Waals surface area contributed by atoms with Crippen LogP contribution in [0.4, 0.5) is 4.39 Å². The summed E-state index contributed by atoms with van der Waals surface area (Å²) in [4.78, 5) is 14.6. The van der Waals surface area contributed by atoms with E-state index in [0.717, 1.165) is 23.7 Å². The highest BCUT2D eigenvalue weighted by atomic mass is 32.2. The molecule has 5 nitrogen and oxygen atoms in total. The van der Waals surface area contributed by atoms with Crippen LogP contribution in [0.5, 0.6) is 17.2 Å². The van der Waals surface area contributed by atoms with E-state index in [4.69, 9.17) is 14.2 Å². The van der Waals surface area contributed by atoms with Crippen molar-refractivity contribution in [3.05, 3.63) is 53.3 Å². The van der Waals surface area contributed by atoms with Crippen LogP contribution < -0.4 is 14.2 Å². The molecule has 27 heavy (non-hydrogen) atoms. The van der Waals surface area contributed by atoms with Crippen LogP contribution in [0.15, 0.2) is 36.4 Å². The molecule has 2 aliphatic heterocycles. The van der Waals surface area contributed by atoms with Gasteiger partial charge in [-0.05, 0) is 42.3 Å². The average Bonchev–Trinajstić information content (AvgIpc) is 3.02. The van der Waals surface area contributed by atoms with Gasteiger partial charge in [-0.2, -0.15) is 11.8 Å². The molecule has 1 saturated heterocycles. The van der Waals surface area contributed by atoms with E-state index < -0.39 is 5.82 Å². The van der Waals surface area contributed by atoms with Crippen LogP contribution >= 0.6 is 11.8 Å². The average molecular weight is 389 g/mol. The number of ether oxygens (including phenoxy) is 3. The SMILES string of the molecule is COc1ccc(C(=O)N2CCSC(c3ccc4c(c3)OCO4)CC2)cc1F. The van der Waals surface area contributed by atoms with Crippen molar-refractivity contribution in [2.75, 3.05) is 32.7 Å². The number of hydrogen-bond acceptors (Lipinski definition) is 5. The molecule has 0 saturated carbocycles. The van der Waals surface area contributed by atoms with E-state index in [0.29, 0.717) is 18.7 Å². The van der Waals surface area contributed by atoms with Crippen molar-refractivity contribution >= 4 is 17.7 Å². The molecular weight excluding hydrogens is 369 g/mol. The molecule has 2 heterocycles. The Morgan fingerprint density at radius 1 is 1.19 bits per heavy atom. The molecule has 2 aromatic rings. The number of thioether (sulfide) groups is 1. The van der Waals surface area contributed by atoms with Crippen LogP contribution in [0, 0.1) is 5.82 Å². The molecule has 0 spiro atoms. The first-order chi connectivity index (χ1) is 13.2. The fourth-order valence-electron chi connectivity index (χ4n) is 3.33. The highest BCUT2D eigenvalue weighted by Gasteiger charge is 2.25. The third-order valence-corrected chi connectivity index (χ3v) is 6.12. The summed E-state index contributed by atoms with van der Waals surface area (Å²) in [5, 5.41) is 0.282. The Morgan fingerprint density at radius 3 is 2.85 bits per heavy atom. The van der Waals surface area contributed by atoms with Crippen molar-refractivity contribution in [2.45, 2.75) is 11.7 Å². The second-order valence-electron chi connectivity index (χ2n) is 6.40. The Morgan fingerprint density at radius 2 is 2.04 bits per heavy atom. The molecule has 0 radical (unpaired) electrons. The Balaban J connectivity index is 1.45. The molecule has 2 aliphatic rings. The lowest BCUT2D eigenvalue weighted by Crippen LogP contribution is -2.33. The molecule has 0 N–H and O–H groups in total. The molecule has 1 fully saturated rings. The van der Waals surface area contributed by atoms with E-state index >= 15 is 0 Å². The maximum Gasteiger partial charge on any atom is 0.253 e. The monoisotopic (exact) mass is 389 g/mol. The topological polar surface area (TPSA) is 48.0 Å². The molecule has 1 unspecified atom stereocenters. The van der Waals surface area contributed by atoms with E-state index in [9.17, 15) is 9.18 Å². The third-order valence-electron chi connectivity index (χ3n) is 4.80. The quantitative estimate of drug-likeness (QED) is 0.797. The Kier molecular flexibility index (Phi) is 5.11. The number of benzene rings is 2. The lowest BCUT2D eigenvalue weighted by molar-refractivity contribution is 0.0766. The highest BCUT2D eigenvalue weighted by molar-refractivity contribution is 7.99. The van der Waals surface area contributed by atoms with Crippen molar-refractivity contribution in [1.29, 1.82) is 0 Å². The van der Waals surface area contributed by atoms with Crippen molar-refractivity contribution in [3.8, 4) is 17.2 Å². The summed E-state index contributed by atoms with van der Waals surface area (Å²) in [6.45, 7) is 1.52. The molecule has 0 bridgehead atoms. The first kappa shape index (κ1) is 18.0. The van der Waals surface area contributed by atoms with Crippen LogP contribution in [0.25, 0.3) is 0 Å². The number of methoxy groups -OCH3 is 1. The van der Waals surface area contributed by atoms with Gasteiger partial charge in [-0.1, -0.05) is 6.07 Å². The van der Waals surface area contributed by atoms with Crippen LogP contribution in [-0.2, 0) is 0 Å². The van der Waals surface area contributed by atoms with Crippen LogP contribution in [0.2, 0.25) is 0 Å². The van der Waals surface area contributed by atoms with Gasteiger partial charge in [0.2, 0.25) is 6.79 Å². The summed E-state index contributed by atoms with van der Waals surface area (Å²) in [6, 6.07) is 10.4. The number of rotatable bonds is 3. The molecule has 0 aliphatic carbocycles. The van der Waals surface area contributed by atoms with Crippen molar-refractivity contribution < 1.29 is 23.4 Å². The van der Waals surface area contributed by atoms with Gasteiger partial charge in [0.05, 0.1) is 7.11 Å². The maximum atomic E-state index is 13.9. The largest absolute Gasteiger partial charge is 0.494 e. The van der Waals surface area contributed by atoms with Gasteiger partial charge < -0.3 is 19.1 Å². The molecule has 7 heteroatoms. The number of nitrogens with zero attached hydrogens (tertiary/aromatic N) is 1. The minimum absolute atomic E-state index is 0.140. The van der Waals surface area contributed by atoms with Gasteiger partial charge in [0.1, 0.15) is 0 Å². The Labute approximate surface area is 161 Å². The summed E-state index contributed by atoms with van der Waals surface area (Å²) >= 11 is 1.82. The number of halogens is 1. The first-order valence-corrected chi connectivity index (χ1v) is 9.84. The van der Waals surface area contributed by atoms with Gasteiger partial charge >= 0.3 is 0 Å². The summed E-state index contributed by atoms with van der Waals surface area (Å²) in [7, 11) is 1.40. The second kappa shape index (κ2) is 7.68. The van der Waals surface area contributed by atoms with Gasteiger partial charge in [0, 0.05) is 29.7 Å². The standard InChI is InChI=1S/C20H20FNO4S/c1-24-16-4-3-14(10-15(16)21)20(23)22-7-6-19(27-9-8-22)13-2-5-17-18(11-13)26-12-25-17/h2-5,10-11,19H,6-9,12H2,1H3. The normalized spacial score (nSPS) is 18.9. The summed E-state index contributed by atoms with van der Waals surface area (Å²) in [5.74, 6) is 1.84. The van der Waals surface area contributed by atoms with E-state index in [-0.39, 0.29) is 23.7 Å². The smallest absolute Gasteiger partial charge is 0.253 e. The zero-order chi connectivity index (χ0) is 18.8. The number of hydrogen-bond donors (Lipinski definition) is 0. The number of carbonyl (C=O) groups excluding carboxylic acids is 1. The minimum Gasteiger partial charge on any atom is -0.494 e. The van der Waals surface area contributed by atoms with Crippen LogP contribution in [-0.4, -0.2) is 43.6 Å². The molecule has 142 valence electrons. The van der Waals surface area contributed by atoms with Gasteiger partial charge in [0.15, 0.2) is 23.1 Å². The Hall–Kier alpha value is -2.41. The van der Waals surface area contributed by atoms with Crippen LogP contribution in [0.3, 0.4) is 0 Å². The van der Waals surface area contributed by atoms with E-state index in [2.05, 4.69) is 6.07 Å². The third kappa shape index (κ3) is 3.69. The van der Waals surface area contributed by atoms with E-state index in [1.54, 1.807) is 11.0 Å². The lowest BCUT2D eigenvalue weighted by atomic mass is 10.1. The first-order valence-electron chi connectivity index (χ1n) is 8.79. The van der Waals surface area contributed by atoms with Gasteiger partial charge in [-0.25, -0.2) is 4.39 Å². The summed E-state index contributed by atoms with van der Waals surface area (Å²) in [5.41, 5.74) is 1.52. The fraction of sp³-hybridized carbons (Fsp3) is 0.350. The number of fused-ring (bicyclic) bond motifs is 1. The van der Waals surface area contributed by atoms with Gasteiger partial charge in [0.25, 0.3) is 5.91 Å². The molecule has 2 aromatic carbocycles. The van der Waals surface area contributed by atoms with Crippen LogP contribution in [0.1, 0.15) is 27.6 Å². The fourth-order valence-corrected chi connectivity index (χ4v) is 4.56. The highest BCUT2D eigenvalue weighted by Crippen LogP contribution is 2.40. The van der Waals surface area contributed by atoms with Crippen molar-refractivity contribution in [1.82, 2.24) is 4.90 Å². The zero-order valence-electron chi connectivity index (χ0n) is 14.9. The maximum absolute atomic E-state index is 13.9. The molecule has 1 atom stereocenters. The molecule has 4 rings (SSSR count). The Bertz CT molecular complexity index is 860. The van der Waals surface area contributed by atoms with Crippen molar-refractivity contribution in [3.63, 3.8) is 0 Å². The second-order valence-corrected chi connectivity index (χ2v) is 7.71. The van der Waals surface area contributed by atoms with Crippen molar-refractivity contribution in [2.24, 2.45) is 0 Å². The van der Waals surface area contributed by atoms with E-state index in [1.807, 2.05) is 23.9 Å². The molecule has 0 aromatic heterocycles. The predicted molar refractivity (Wildman–Crippen MR) is 101 cm³/mol. The lowest BCUT2D eigenvalue weighted by Gasteiger charge is -2.20. The molecular formula is C20H20FNO4S. The number of amides is 1. The number of carbonyl (C=O) groups is 1. The minimum atomic E-state index is -0.522. The predicted octanol–water partition coefficient (Wildman–Crippen LogP) is 3.88. The zero-order valence-corrected chi connectivity index (χ0v) is 15.8. The summed E-state index contributed by atoms with van der Waals surface area (Å²) in [6.07, 6.45) is 0.828. The molecule has 1 amide bonds. The van der Waals surface area contributed by atoms with Gasteiger partial charge in [-0.3, -0.25) is 4.79 Å². The summed E-state index contributed by atoms with van der Waals surface area (Å²) < 4.78 is 29.7. The van der Waals surface area contributed by atoms with E-state index in [1.165, 1.54) is 24.8 Å².